The second-order valence-electron chi connectivity index (χ2n) is 13.5. The third kappa shape index (κ3) is 6.21. The van der Waals surface area contributed by atoms with E-state index >= 15 is 0 Å². The summed E-state index contributed by atoms with van der Waals surface area (Å²) >= 11 is 3.43. The average molecular weight is 778 g/mol. The number of aryl methyl sites for hydroxylation is 4. The Hall–Kier alpha value is -3.82. The summed E-state index contributed by atoms with van der Waals surface area (Å²) in [5.41, 5.74) is 3.83. The molecule has 260 valence electrons. The Morgan fingerprint density at radius 3 is 1.48 bits per heavy atom. The van der Waals surface area contributed by atoms with Gasteiger partial charge in [-0.15, -0.1) is 0 Å². The zero-order chi connectivity index (χ0) is 36.4. The maximum atomic E-state index is 13.3. The number of halogens is 1. The first-order valence-electron chi connectivity index (χ1n) is 15.9. The molecule has 1 fully saturated rings. The summed E-state index contributed by atoms with van der Waals surface area (Å²) in [6, 6.07) is 20.9. The first-order valence-corrected chi connectivity index (χ1v) is 19.6. The molecule has 1 aliphatic rings. The Bertz CT molecular complexity index is 2460. The van der Waals surface area contributed by atoms with Crippen LogP contribution in [0.2, 0.25) is 0 Å². The molecule has 1 saturated heterocycles. The Morgan fingerprint density at radius 1 is 0.620 bits per heavy atom. The van der Waals surface area contributed by atoms with Crippen molar-refractivity contribution in [2.45, 2.75) is 76.4 Å². The van der Waals surface area contributed by atoms with E-state index in [1.165, 1.54) is 7.94 Å². The van der Waals surface area contributed by atoms with Crippen LogP contribution in [0.3, 0.4) is 0 Å². The van der Waals surface area contributed by atoms with Crippen molar-refractivity contribution in [2.75, 3.05) is 0 Å². The highest BCUT2D eigenvalue weighted by Gasteiger charge is 2.52. The number of aromatic nitrogens is 4. The summed E-state index contributed by atoms with van der Waals surface area (Å²) in [4.78, 5) is 9.10. The summed E-state index contributed by atoms with van der Waals surface area (Å²) in [5.74, 6) is 0. The number of rotatable bonds is 5. The normalized spacial score (nSPS) is 15.7. The van der Waals surface area contributed by atoms with Crippen molar-refractivity contribution >= 4 is 70.6 Å². The number of nitrogens with zero attached hydrogens (tertiary/aromatic N) is 4. The molecule has 1 aliphatic heterocycles. The fourth-order valence-corrected chi connectivity index (χ4v) is 9.21. The van der Waals surface area contributed by atoms with Crippen LogP contribution in [0.1, 0.15) is 50.2 Å². The highest BCUT2D eigenvalue weighted by atomic mass is 79.9. The van der Waals surface area contributed by atoms with Gasteiger partial charge in [0, 0.05) is 39.0 Å². The van der Waals surface area contributed by atoms with Crippen molar-refractivity contribution in [1.29, 1.82) is 0 Å². The smallest absolute Gasteiger partial charge is 0.399 e. The fraction of sp³-hybridized carbons (Fsp3) is 0.278. The topological polar surface area (TPSA) is 122 Å². The van der Waals surface area contributed by atoms with Crippen LogP contribution in [0, 0.1) is 27.7 Å². The lowest BCUT2D eigenvalue weighted by Crippen LogP contribution is -2.41. The van der Waals surface area contributed by atoms with Crippen molar-refractivity contribution in [1.82, 2.24) is 17.9 Å². The Morgan fingerprint density at radius 2 is 1.02 bits per heavy atom. The summed E-state index contributed by atoms with van der Waals surface area (Å²) in [5, 5.41) is 1.49. The third-order valence-electron chi connectivity index (χ3n) is 9.28. The van der Waals surface area contributed by atoms with Gasteiger partial charge in [-0.2, -0.15) is 0 Å². The molecule has 0 unspecified atom stereocenters. The van der Waals surface area contributed by atoms with E-state index in [2.05, 4.69) is 25.9 Å². The average Bonchev–Trinajstić information content (AvgIpc) is 3.65. The molecule has 10 nitrogen and oxygen atoms in total. The minimum absolute atomic E-state index is 0.228. The van der Waals surface area contributed by atoms with E-state index in [9.17, 15) is 16.8 Å². The van der Waals surface area contributed by atoms with Crippen molar-refractivity contribution < 1.29 is 26.1 Å². The monoisotopic (exact) mass is 776 g/mol. The SMILES string of the molecule is Cc1ccc(S(=O)(=O)n2c(C)cc3c(B4OC(C)(C)C(C)(C)O4)ccnc32)cc1.Cc1ccc(S(=O)(=O)n2c(C)cc3c(Br)ccnc32)cc1. The van der Waals surface area contributed by atoms with E-state index < -0.39 is 38.4 Å². The zero-order valence-electron chi connectivity index (χ0n) is 29.1. The molecule has 2 aromatic carbocycles. The van der Waals surface area contributed by atoms with Crippen LogP contribution < -0.4 is 5.46 Å². The number of benzene rings is 2. The van der Waals surface area contributed by atoms with Gasteiger partial charge in [0.15, 0.2) is 11.3 Å². The van der Waals surface area contributed by atoms with Crippen molar-refractivity contribution in [2.24, 2.45) is 0 Å². The van der Waals surface area contributed by atoms with E-state index in [1.54, 1.807) is 80.8 Å². The molecule has 6 aromatic rings. The molecule has 0 N–H and O–H groups in total. The van der Waals surface area contributed by atoms with Gasteiger partial charge in [0.2, 0.25) is 0 Å². The van der Waals surface area contributed by atoms with Gasteiger partial charge in [0.05, 0.1) is 21.0 Å². The van der Waals surface area contributed by atoms with E-state index in [0.717, 1.165) is 26.4 Å². The lowest BCUT2D eigenvalue weighted by molar-refractivity contribution is 0.00578. The quantitative estimate of drug-likeness (QED) is 0.175. The van der Waals surface area contributed by atoms with Crippen LogP contribution in [0.25, 0.3) is 22.1 Å². The summed E-state index contributed by atoms with van der Waals surface area (Å²) in [7, 11) is -8.03. The van der Waals surface area contributed by atoms with Crippen molar-refractivity contribution in [3.8, 4) is 0 Å². The summed E-state index contributed by atoms with van der Waals surface area (Å²) < 4.78 is 68.2. The van der Waals surface area contributed by atoms with Gasteiger partial charge in [-0.25, -0.2) is 34.7 Å². The Balaban J connectivity index is 0.000000182. The molecular weight excluding hydrogens is 739 g/mol. The lowest BCUT2D eigenvalue weighted by Gasteiger charge is -2.32. The molecule has 0 bridgehead atoms. The Kier molecular flexibility index (Phi) is 9.18. The van der Waals surface area contributed by atoms with Crippen molar-refractivity contribution in [3.05, 3.63) is 112 Å². The number of pyridine rings is 2. The molecule has 4 aromatic heterocycles. The fourth-order valence-electron chi connectivity index (χ4n) is 5.80. The second-order valence-corrected chi connectivity index (χ2v) is 17.9. The maximum absolute atomic E-state index is 13.3. The molecule has 0 spiro atoms. The number of hydrogen-bond donors (Lipinski definition) is 0. The van der Waals surface area contributed by atoms with Crippen LogP contribution in [0.4, 0.5) is 0 Å². The van der Waals surface area contributed by atoms with Gasteiger partial charge < -0.3 is 9.31 Å². The largest absolute Gasteiger partial charge is 0.495 e. The maximum Gasteiger partial charge on any atom is 0.495 e. The minimum Gasteiger partial charge on any atom is -0.399 e. The van der Waals surface area contributed by atoms with E-state index in [1.807, 2.05) is 59.7 Å². The van der Waals surface area contributed by atoms with E-state index in [0.29, 0.717) is 28.1 Å². The standard InChI is InChI=1S/C21H25BN2O4S.C15H13BrN2O2S/c1-14-7-9-16(10-8-14)29(25,26)24-15(2)13-17-18(11-12-23-19(17)24)22-27-20(3,4)21(5,6)28-22;1-10-3-5-12(6-4-10)21(19,20)18-11(2)9-13-14(16)7-8-17-15(13)18/h7-13H,1-6H3;3-9H,1-2H3. The molecule has 0 radical (unpaired) electrons. The van der Waals surface area contributed by atoms with Gasteiger partial charge in [0.1, 0.15) is 0 Å². The summed E-state index contributed by atoms with van der Waals surface area (Å²) in [6.45, 7) is 15.3. The van der Waals surface area contributed by atoms with Gasteiger partial charge in [-0.05, 0) is 125 Å². The molecule has 7 rings (SSSR count). The highest BCUT2D eigenvalue weighted by Crippen LogP contribution is 2.37. The van der Waals surface area contributed by atoms with Crippen LogP contribution in [-0.4, -0.2) is 53.1 Å². The van der Waals surface area contributed by atoms with Crippen LogP contribution in [-0.2, 0) is 29.4 Å². The molecule has 5 heterocycles. The van der Waals surface area contributed by atoms with Gasteiger partial charge >= 0.3 is 7.12 Å². The van der Waals surface area contributed by atoms with Gasteiger partial charge in [0.25, 0.3) is 20.0 Å². The van der Waals surface area contributed by atoms with Crippen molar-refractivity contribution in [3.63, 3.8) is 0 Å². The first kappa shape index (κ1) is 36.0. The molecule has 0 amide bonds. The van der Waals surface area contributed by atoms with Crippen LogP contribution in [0.15, 0.2) is 99.5 Å². The predicted molar refractivity (Wildman–Crippen MR) is 200 cm³/mol. The number of hydrogen-bond acceptors (Lipinski definition) is 8. The third-order valence-corrected chi connectivity index (χ3v) is 13.6. The minimum atomic E-state index is -3.78. The van der Waals surface area contributed by atoms with Gasteiger partial charge in [-0.3, -0.25) is 0 Å². The molecule has 0 aliphatic carbocycles. The molecule has 14 heteroatoms. The number of fused-ring (bicyclic) bond motifs is 2. The molecule has 50 heavy (non-hydrogen) atoms. The van der Waals surface area contributed by atoms with Crippen LogP contribution in [0.5, 0.6) is 0 Å². The van der Waals surface area contributed by atoms with E-state index in [-0.39, 0.29) is 9.79 Å². The molecule has 0 atom stereocenters. The predicted octanol–water partition coefficient (Wildman–Crippen LogP) is 6.84. The van der Waals surface area contributed by atoms with Gasteiger partial charge in [-0.1, -0.05) is 35.4 Å². The van der Waals surface area contributed by atoms with E-state index in [4.69, 9.17) is 9.31 Å². The van der Waals surface area contributed by atoms with Crippen LogP contribution >= 0.6 is 15.9 Å². The Labute approximate surface area is 301 Å². The summed E-state index contributed by atoms with van der Waals surface area (Å²) in [6.07, 6.45) is 3.19. The lowest BCUT2D eigenvalue weighted by atomic mass is 9.78. The molecule has 0 saturated carbocycles. The zero-order valence-corrected chi connectivity index (χ0v) is 32.3. The second kappa shape index (κ2) is 12.7. The molecular formula is C36H38BBrN4O6S2. The highest BCUT2D eigenvalue weighted by molar-refractivity contribution is 9.10. The first-order chi connectivity index (χ1) is 23.3.